The number of aliphatic hydroxyl groups is 1. The topological polar surface area (TPSA) is 20.2 Å². The monoisotopic (exact) mass is 264 g/mol. The summed E-state index contributed by atoms with van der Waals surface area (Å²) in [5.41, 5.74) is -0.813. The number of hydrogen-bond acceptors (Lipinski definition) is 1. The molecule has 5 heteroatoms. The largest absolute Gasteiger partial charge is 0.416 e. The molecule has 0 heterocycles. The van der Waals surface area contributed by atoms with E-state index in [2.05, 4.69) is 0 Å². The fraction of sp³-hybridized carbons (Fsp3) is 0.500. The summed E-state index contributed by atoms with van der Waals surface area (Å²) in [6.07, 6.45) is -2.58. The van der Waals surface area contributed by atoms with Crippen molar-refractivity contribution >= 4 is 11.6 Å². The number of alkyl halides is 3. The van der Waals surface area contributed by atoms with Crippen molar-refractivity contribution in [1.82, 2.24) is 0 Å². The minimum Gasteiger partial charge on any atom is -0.396 e. The van der Waals surface area contributed by atoms with Crippen molar-refractivity contribution in [3.05, 3.63) is 34.3 Å². The first kappa shape index (κ1) is 12.7. The highest BCUT2D eigenvalue weighted by Crippen LogP contribution is 2.49. The van der Waals surface area contributed by atoms with Crippen LogP contribution in [0.2, 0.25) is 5.02 Å². The van der Waals surface area contributed by atoms with Crippen LogP contribution in [-0.4, -0.2) is 11.7 Å². The average molecular weight is 265 g/mol. The van der Waals surface area contributed by atoms with Gasteiger partial charge in [0.25, 0.3) is 0 Å². The predicted octanol–water partition coefficient (Wildman–Crippen LogP) is 3.67. The molecule has 0 radical (unpaired) electrons. The summed E-state index contributed by atoms with van der Waals surface area (Å²) < 4.78 is 38.4. The van der Waals surface area contributed by atoms with Crippen LogP contribution >= 0.6 is 11.6 Å². The molecule has 0 aliphatic heterocycles. The Hall–Kier alpha value is -0.740. The van der Waals surface area contributed by atoms with Gasteiger partial charge in [0, 0.05) is 11.6 Å². The molecule has 0 atom stereocenters. The van der Waals surface area contributed by atoms with Gasteiger partial charge in [-0.05, 0) is 42.4 Å². The summed E-state index contributed by atoms with van der Waals surface area (Å²) in [6.45, 7) is -0.0626. The molecule has 94 valence electrons. The lowest BCUT2D eigenvalue weighted by molar-refractivity contribution is -0.138. The van der Waals surface area contributed by atoms with Gasteiger partial charge in [0.05, 0.1) is 5.56 Å². The highest BCUT2D eigenvalue weighted by Gasteiger charge is 2.44. The van der Waals surface area contributed by atoms with Crippen LogP contribution in [0.3, 0.4) is 0 Å². The van der Waals surface area contributed by atoms with Crippen molar-refractivity contribution < 1.29 is 18.3 Å². The maximum atomic E-state index is 12.8. The standard InChI is InChI=1S/C12H12ClF3O/c13-9-2-1-8(6-11(7-17)3-4-11)10(5-9)12(14,15)16/h1-2,5,17H,3-4,6-7H2. The molecule has 1 saturated carbocycles. The molecule has 0 spiro atoms. The zero-order valence-electron chi connectivity index (χ0n) is 9.02. The second-order valence-corrected chi connectivity index (χ2v) is 5.07. The van der Waals surface area contributed by atoms with Gasteiger partial charge in [0.1, 0.15) is 0 Å². The molecule has 1 aliphatic rings. The van der Waals surface area contributed by atoms with E-state index in [9.17, 15) is 13.2 Å². The summed E-state index contributed by atoms with van der Waals surface area (Å²) in [5.74, 6) is 0. The van der Waals surface area contributed by atoms with Crippen LogP contribution in [0.15, 0.2) is 18.2 Å². The third-order valence-corrected chi connectivity index (χ3v) is 3.47. The maximum absolute atomic E-state index is 12.8. The summed E-state index contributed by atoms with van der Waals surface area (Å²) in [7, 11) is 0. The molecule has 2 rings (SSSR count). The second-order valence-electron chi connectivity index (χ2n) is 4.63. The van der Waals surface area contributed by atoms with E-state index in [1.807, 2.05) is 0 Å². The minimum absolute atomic E-state index is 0.0626. The number of halogens is 4. The van der Waals surface area contributed by atoms with Crippen LogP contribution in [0, 0.1) is 5.41 Å². The maximum Gasteiger partial charge on any atom is 0.416 e. The molecule has 0 aromatic heterocycles. The lowest BCUT2D eigenvalue weighted by Gasteiger charge is -2.17. The smallest absolute Gasteiger partial charge is 0.396 e. The molecule has 1 aliphatic carbocycles. The molecule has 0 bridgehead atoms. The van der Waals surface area contributed by atoms with Crippen LogP contribution in [0.25, 0.3) is 0 Å². The van der Waals surface area contributed by atoms with Crippen molar-refractivity contribution in [3.8, 4) is 0 Å². The van der Waals surface area contributed by atoms with Crippen LogP contribution < -0.4 is 0 Å². The first-order valence-electron chi connectivity index (χ1n) is 5.33. The Morgan fingerprint density at radius 1 is 1.29 bits per heavy atom. The lowest BCUT2D eigenvalue weighted by Crippen LogP contribution is -2.15. The van der Waals surface area contributed by atoms with E-state index >= 15 is 0 Å². The Morgan fingerprint density at radius 3 is 2.41 bits per heavy atom. The fourth-order valence-corrected chi connectivity index (χ4v) is 2.11. The van der Waals surface area contributed by atoms with Crippen LogP contribution in [0.1, 0.15) is 24.0 Å². The van der Waals surface area contributed by atoms with Crippen LogP contribution in [0.5, 0.6) is 0 Å². The molecular formula is C12H12ClF3O. The quantitative estimate of drug-likeness (QED) is 0.883. The van der Waals surface area contributed by atoms with Crippen LogP contribution in [0.4, 0.5) is 13.2 Å². The zero-order chi connectivity index (χ0) is 12.7. The van der Waals surface area contributed by atoms with E-state index in [1.165, 1.54) is 12.1 Å². The Morgan fingerprint density at radius 2 is 1.94 bits per heavy atom. The van der Waals surface area contributed by atoms with Gasteiger partial charge in [-0.15, -0.1) is 0 Å². The predicted molar refractivity (Wildman–Crippen MR) is 58.9 cm³/mol. The van der Waals surface area contributed by atoms with Crippen molar-refractivity contribution in [2.45, 2.75) is 25.4 Å². The molecule has 1 aromatic rings. The summed E-state index contributed by atoms with van der Waals surface area (Å²) >= 11 is 5.59. The average Bonchev–Trinajstić information content (AvgIpc) is 3.00. The Kier molecular flexibility index (Phi) is 3.12. The molecule has 0 amide bonds. The second kappa shape index (κ2) is 4.18. The molecule has 0 unspecified atom stereocenters. The third kappa shape index (κ3) is 2.75. The normalized spacial score (nSPS) is 18.2. The highest BCUT2D eigenvalue weighted by molar-refractivity contribution is 6.30. The Bertz CT molecular complexity index is 424. The van der Waals surface area contributed by atoms with Gasteiger partial charge in [0.15, 0.2) is 0 Å². The number of rotatable bonds is 3. The van der Waals surface area contributed by atoms with E-state index in [1.54, 1.807) is 0 Å². The molecule has 0 saturated heterocycles. The van der Waals surface area contributed by atoms with Crippen LogP contribution in [-0.2, 0) is 12.6 Å². The lowest BCUT2D eigenvalue weighted by atomic mass is 9.93. The van der Waals surface area contributed by atoms with E-state index in [0.29, 0.717) is 0 Å². The van der Waals surface area contributed by atoms with Gasteiger partial charge in [-0.1, -0.05) is 17.7 Å². The molecule has 1 nitrogen and oxygen atoms in total. The third-order valence-electron chi connectivity index (χ3n) is 3.24. The van der Waals surface area contributed by atoms with Gasteiger partial charge in [-0.25, -0.2) is 0 Å². The first-order chi connectivity index (χ1) is 7.86. The number of benzene rings is 1. The molecule has 1 N–H and O–H groups in total. The zero-order valence-corrected chi connectivity index (χ0v) is 9.78. The first-order valence-corrected chi connectivity index (χ1v) is 5.71. The van der Waals surface area contributed by atoms with Gasteiger partial charge in [-0.3, -0.25) is 0 Å². The van der Waals surface area contributed by atoms with Crippen molar-refractivity contribution in [2.24, 2.45) is 5.41 Å². The highest BCUT2D eigenvalue weighted by atomic mass is 35.5. The number of aliphatic hydroxyl groups excluding tert-OH is 1. The Balaban J connectivity index is 2.33. The van der Waals surface area contributed by atoms with Crippen molar-refractivity contribution in [2.75, 3.05) is 6.61 Å². The number of hydrogen-bond donors (Lipinski definition) is 1. The van der Waals surface area contributed by atoms with E-state index in [0.717, 1.165) is 18.9 Å². The van der Waals surface area contributed by atoms with Crippen molar-refractivity contribution in [1.29, 1.82) is 0 Å². The van der Waals surface area contributed by atoms with E-state index in [-0.39, 0.29) is 29.0 Å². The fourth-order valence-electron chi connectivity index (χ4n) is 1.94. The van der Waals surface area contributed by atoms with Gasteiger partial charge < -0.3 is 5.11 Å². The molecule has 17 heavy (non-hydrogen) atoms. The van der Waals surface area contributed by atoms with E-state index in [4.69, 9.17) is 16.7 Å². The Labute approximate surface area is 102 Å². The molecule has 1 fully saturated rings. The summed E-state index contributed by atoms with van der Waals surface area (Å²) in [6, 6.07) is 3.81. The van der Waals surface area contributed by atoms with Gasteiger partial charge in [-0.2, -0.15) is 13.2 Å². The van der Waals surface area contributed by atoms with E-state index < -0.39 is 11.7 Å². The minimum atomic E-state index is -4.40. The SMILES string of the molecule is OCC1(Cc2ccc(Cl)cc2C(F)(F)F)CC1. The summed E-state index contributed by atoms with van der Waals surface area (Å²) in [5, 5.41) is 9.24. The molecule has 1 aromatic carbocycles. The molecular weight excluding hydrogens is 253 g/mol. The van der Waals surface area contributed by atoms with Gasteiger partial charge in [0.2, 0.25) is 0 Å². The van der Waals surface area contributed by atoms with Gasteiger partial charge >= 0.3 is 6.18 Å². The van der Waals surface area contributed by atoms with Crippen molar-refractivity contribution in [3.63, 3.8) is 0 Å². The summed E-state index contributed by atoms with van der Waals surface area (Å²) in [4.78, 5) is 0.